The molecule has 3 rings (SSSR count). The number of rotatable bonds is 6. The van der Waals surface area contributed by atoms with E-state index in [2.05, 4.69) is 11.9 Å². The number of hydrogen-bond acceptors (Lipinski definition) is 5. The summed E-state index contributed by atoms with van der Waals surface area (Å²) in [4.78, 5) is 49.2. The molecule has 1 aliphatic rings. The molecule has 2 aromatic rings. The summed E-state index contributed by atoms with van der Waals surface area (Å²) < 4.78 is 5.14. The van der Waals surface area contributed by atoms with Gasteiger partial charge < -0.3 is 15.8 Å². The van der Waals surface area contributed by atoms with E-state index < -0.39 is 23.9 Å². The van der Waals surface area contributed by atoms with E-state index in [-0.39, 0.29) is 12.5 Å². The van der Waals surface area contributed by atoms with Crippen molar-refractivity contribution in [2.75, 3.05) is 11.9 Å². The lowest BCUT2D eigenvalue weighted by Gasteiger charge is -2.18. The quantitative estimate of drug-likeness (QED) is 0.725. The van der Waals surface area contributed by atoms with Crippen molar-refractivity contribution in [3.8, 4) is 0 Å². The van der Waals surface area contributed by atoms with Crippen molar-refractivity contribution in [1.29, 1.82) is 0 Å². The molecule has 1 aliphatic heterocycles. The molecule has 1 heterocycles. The van der Waals surface area contributed by atoms with Gasteiger partial charge in [-0.1, -0.05) is 24.8 Å². The zero-order valence-corrected chi connectivity index (χ0v) is 15.7. The number of ether oxygens (including phenoxy) is 1. The van der Waals surface area contributed by atoms with Crippen LogP contribution in [0, 0.1) is 0 Å². The summed E-state index contributed by atoms with van der Waals surface area (Å²) in [6, 6.07) is 12.9. The van der Waals surface area contributed by atoms with E-state index in [4.69, 9.17) is 10.5 Å². The Balaban J connectivity index is 1.56. The van der Waals surface area contributed by atoms with E-state index in [1.807, 2.05) is 0 Å². The van der Waals surface area contributed by atoms with Crippen molar-refractivity contribution < 1.29 is 23.9 Å². The number of hydrogen-bond donors (Lipinski definition) is 2. The summed E-state index contributed by atoms with van der Waals surface area (Å²) >= 11 is 0. The molecule has 1 atom stereocenters. The van der Waals surface area contributed by atoms with E-state index in [9.17, 15) is 19.2 Å². The first-order valence-electron chi connectivity index (χ1n) is 8.78. The maximum absolute atomic E-state index is 12.4. The monoisotopic (exact) mass is 393 g/mol. The highest BCUT2D eigenvalue weighted by Gasteiger charge is 2.33. The number of benzene rings is 2. The summed E-state index contributed by atoms with van der Waals surface area (Å²) in [5.74, 6) is -2.21. The largest absolute Gasteiger partial charge is 0.451 e. The minimum Gasteiger partial charge on any atom is -0.451 e. The molecule has 3 amide bonds. The Morgan fingerprint density at radius 2 is 1.72 bits per heavy atom. The molecule has 0 saturated heterocycles. The predicted octanol–water partition coefficient (Wildman–Crippen LogP) is 1.78. The third-order valence-corrected chi connectivity index (χ3v) is 4.44. The molecular formula is C21H19N3O5. The van der Waals surface area contributed by atoms with Crippen LogP contribution in [0.3, 0.4) is 0 Å². The molecule has 148 valence electrons. The highest BCUT2D eigenvalue weighted by atomic mass is 16.5. The molecule has 0 aromatic heterocycles. The first-order chi connectivity index (χ1) is 13.8. The topological polar surface area (TPSA) is 119 Å². The molecule has 0 aliphatic carbocycles. The SMILES string of the molecule is C=C1c2ccccc2C(=O)N1CC(=O)OC(C)C(=O)Nc1ccc(C(N)=O)cc1. The summed E-state index contributed by atoms with van der Waals surface area (Å²) in [5.41, 5.74) is 7.43. The fourth-order valence-corrected chi connectivity index (χ4v) is 2.88. The lowest BCUT2D eigenvalue weighted by atomic mass is 10.1. The zero-order valence-electron chi connectivity index (χ0n) is 15.7. The van der Waals surface area contributed by atoms with E-state index in [1.54, 1.807) is 24.3 Å². The number of anilines is 1. The van der Waals surface area contributed by atoms with E-state index >= 15 is 0 Å². The summed E-state index contributed by atoms with van der Waals surface area (Å²) in [5, 5.41) is 2.57. The maximum atomic E-state index is 12.4. The Morgan fingerprint density at radius 3 is 2.31 bits per heavy atom. The van der Waals surface area contributed by atoms with Gasteiger partial charge >= 0.3 is 5.97 Å². The number of amides is 3. The Hall–Kier alpha value is -3.94. The van der Waals surface area contributed by atoms with Crippen LogP contribution in [0.25, 0.3) is 5.70 Å². The normalized spacial score (nSPS) is 13.6. The van der Waals surface area contributed by atoms with Crippen LogP contribution in [0.15, 0.2) is 55.1 Å². The second-order valence-corrected chi connectivity index (χ2v) is 6.45. The van der Waals surface area contributed by atoms with Crippen molar-refractivity contribution in [2.45, 2.75) is 13.0 Å². The molecule has 0 radical (unpaired) electrons. The summed E-state index contributed by atoms with van der Waals surface area (Å²) in [7, 11) is 0. The minimum atomic E-state index is -1.09. The molecule has 8 nitrogen and oxygen atoms in total. The first-order valence-corrected chi connectivity index (χ1v) is 8.78. The van der Waals surface area contributed by atoms with Gasteiger partial charge in [0.05, 0.1) is 0 Å². The lowest BCUT2D eigenvalue weighted by molar-refractivity contribution is -0.153. The molecule has 0 saturated carbocycles. The van der Waals surface area contributed by atoms with Gasteiger partial charge in [0.25, 0.3) is 11.8 Å². The van der Waals surface area contributed by atoms with Gasteiger partial charge in [0.1, 0.15) is 6.54 Å². The summed E-state index contributed by atoms with van der Waals surface area (Å²) in [6.45, 7) is 4.92. The van der Waals surface area contributed by atoms with Gasteiger partial charge in [0.2, 0.25) is 5.91 Å². The van der Waals surface area contributed by atoms with Crippen LogP contribution in [0.4, 0.5) is 5.69 Å². The number of esters is 1. The van der Waals surface area contributed by atoms with Crippen molar-refractivity contribution >= 4 is 35.1 Å². The Bertz CT molecular complexity index is 978. The van der Waals surface area contributed by atoms with Gasteiger partial charge in [-0.15, -0.1) is 0 Å². The molecule has 3 N–H and O–H groups in total. The lowest BCUT2D eigenvalue weighted by Crippen LogP contribution is -2.35. The number of primary amides is 1. The van der Waals surface area contributed by atoms with Crippen molar-refractivity contribution in [1.82, 2.24) is 4.90 Å². The maximum Gasteiger partial charge on any atom is 0.326 e. The molecule has 2 aromatic carbocycles. The molecule has 0 bridgehead atoms. The van der Waals surface area contributed by atoms with E-state index in [0.29, 0.717) is 28.1 Å². The standard InChI is InChI=1S/C21H19N3O5/c1-12-16-5-3-4-6-17(16)21(28)24(12)11-18(25)29-13(2)20(27)23-15-9-7-14(8-10-15)19(22)26/h3-10,13H,1,11H2,2H3,(H2,22,26)(H,23,27). The molecule has 8 heteroatoms. The molecular weight excluding hydrogens is 374 g/mol. The van der Waals surface area contributed by atoms with Crippen molar-refractivity contribution in [2.24, 2.45) is 5.73 Å². The van der Waals surface area contributed by atoms with Crippen LogP contribution in [0.1, 0.15) is 33.2 Å². The molecule has 29 heavy (non-hydrogen) atoms. The van der Waals surface area contributed by atoms with Gasteiger partial charge in [0, 0.05) is 28.1 Å². The predicted molar refractivity (Wildman–Crippen MR) is 106 cm³/mol. The van der Waals surface area contributed by atoms with Gasteiger partial charge in [-0.3, -0.25) is 24.1 Å². The summed E-state index contributed by atoms with van der Waals surface area (Å²) in [6.07, 6.45) is -1.09. The first kappa shape index (κ1) is 19.8. The number of carbonyl (C=O) groups excluding carboxylic acids is 4. The fraction of sp³-hybridized carbons (Fsp3) is 0.143. The molecule has 0 spiro atoms. The number of nitrogens with zero attached hydrogens (tertiary/aromatic N) is 1. The fourth-order valence-electron chi connectivity index (χ4n) is 2.88. The van der Waals surface area contributed by atoms with Crippen molar-refractivity contribution in [3.63, 3.8) is 0 Å². The van der Waals surface area contributed by atoms with Gasteiger partial charge in [-0.2, -0.15) is 0 Å². The average Bonchev–Trinajstić information content (AvgIpc) is 2.93. The molecule has 1 unspecified atom stereocenters. The van der Waals surface area contributed by atoms with Crippen molar-refractivity contribution in [3.05, 3.63) is 71.8 Å². The van der Waals surface area contributed by atoms with Gasteiger partial charge in [-0.25, -0.2) is 0 Å². The Kier molecular flexibility index (Phi) is 5.45. The third kappa shape index (κ3) is 4.16. The van der Waals surface area contributed by atoms with E-state index in [0.717, 1.165) is 0 Å². The highest BCUT2D eigenvalue weighted by Crippen LogP contribution is 2.30. The second-order valence-electron chi connectivity index (χ2n) is 6.45. The second kappa shape index (κ2) is 7.97. The highest BCUT2D eigenvalue weighted by molar-refractivity contribution is 6.10. The smallest absolute Gasteiger partial charge is 0.326 e. The number of carbonyl (C=O) groups is 4. The zero-order chi connectivity index (χ0) is 21.1. The minimum absolute atomic E-state index is 0.305. The Labute approximate surface area is 166 Å². The number of nitrogens with two attached hydrogens (primary N) is 1. The number of nitrogens with one attached hydrogen (secondary N) is 1. The van der Waals surface area contributed by atoms with E-state index in [1.165, 1.54) is 36.1 Å². The number of fused-ring (bicyclic) bond motifs is 1. The van der Waals surface area contributed by atoms with Gasteiger partial charge in [0.15, 0.2) is 6.10 Å². The van der Waals surface area contributed by atoms with Crippen LogP contribution >= 0.6 is 0 Å². The van der Waals surface area contributed by atoms with Crippen LogP contribution in [0.5, 0.6) is 0 Å². The van der Waals surface area contributed by atoms with Crippen LogP contribution in [-0.2, 0) is 14.3 Å². The van der Waals surface area contributed by atoms with Crippen LogP contribution < -0.4 is 11.1 Å². The third-order valence-electron chi connectivity index (χ3n) is 4.44. The van der Waals surface area contributed by atoms with Crippen LogP contribution in [0.2, 0.25) is 0 Å². The average molecular weight is 393 g/mol. The van der Waals surface area contributed by atoms with Gasteiger partial charge in [-0.05, 0) is 37.3 Å². The Morgan fingerprint density at radius 1 is 1.10 bits per heavy atom. The van der Waals surface area contributed by atoms with Crippen LogP contribution in [-0.4, -0.2) is 41.2 Å². The molecule has 0 fully saturated rings.